The molecular formula is C23H25N3O3S. The Labute approximate surface area is 179 Å². The quantitative estimate of drug-likeness (QED) is 0.468. The van der Waals surface area contributed by atoms with E-state index in [2.05, 4.69) is 15.6 Å². The van der Waals surface area contributed by atoms with E-state index in [1.807, 2.05) is 35.7 Å². The Morgan fingerprint density at radius 3 is 2.70 bits per heavy atom. The maximum atomic E-state index is 12.9. The standard InChI is InChI=1S/C23H25N3O3S/c1-16(27)7-3-2-4-10-21(26-22(28)18-11-12-30-15-18)23(29)25-19-13-17-8-5-6-9-20(17)24-14-19/h5-6,8-9,11-15,21H,2-4,7,10H2,1H3,(H,25,29)(H,26,28)/t21-/m0/s1. The van der Waals surface area contributed by atoms with Crippen molar-refractivity contribution in [3.8, 4) is 0 Å². The second kappa shape index (κ2) is 10.6. The summed E-state index contributed by atoms with van der Waals surface area (Å²) in [5.74, 6) is -0.377. The van der Waals surface area contributed by atoms with Gasteiger partial charge in [0.05, 0.1) is 23.0 Å². The van der Waals surface area contributed by atoms with Crippen molar-refractivity contribution in [1.82, 2.24) is 10.3 Å². The van der Waals surface area contributed by atoms with Crippen LogP contribution in [0.25, 0.3) is 10.9 Å². The molecular weight excluding hydrogens is 398 g/mol. The number of anilines is 1. The molecule has 30 heavy (non-hydrogen) atoms. The molecule has 0 aliphatic carbocycles. The fourth-order valence-electron chi connectivity index (χ4n) is 3.17. The molecule has 0 aliphatic heterocycles. The Morgan fingerprint density at radius 1 is 1.10 bits per heavy atom. The number of fused-ring (bicyclic) bond motifs is 1. The van der Waals surface area contributed by atoms with Crippen molar-refractivity contribution in [3.63, 3.8) is 0 Å². The molecule has 0 aliphatic rings. The Morgan fingerprint density at radius 2 is 1.93 bits per heavy atom. The van der Waals surface area contributed by atoms with Gasteiger partial charge in [0.2, 0.25) is 5.91 Å². The molecule has 0 saturated carbocycles. The van der Waals surface area contributed by atoms with Crippen LogP contribution in [-0.2, 0) is 9.59 Å². The zero-order chi connectivity index (χ0) is 21.3. The van der Waals surface area contributed by atoms with Crippen LogP contribution in [0.2, 0.25) is 0 Å². The Kier molecular flexibility index (Phi) is 7.68. The summed E-state index contributed by atoms with van der Waals surface area (Å²) in [6.07, 6.45) is 5.02. The summed E-state index contributed by atoms with van der Waals surface area (Å²) in [7, 11) is 0. The first kappa shape index (κ1) is 21.6. The molecule has 0 spiro atoms. The fourth-order valence-corrected chi connectivity index (χ4v) is 3.81. The van der Waals surface area contributed by atoms with E-state index in [9.17, 15) is 14.4 Å². The normalized spacial score (nSPS) is 11.8. The van der Waals surface area contributed by atoms with Crippen LogP contribution in [0.4, 0.5) is 5.69 Å². The number of rotatable bonds is 10. The van der Waals surface area contributed by atoms with E-state index < -0.39 is 6.04 Å². The third-order valence-corrected chi connectivity index (χ3v) is 5.47. The van der Waals surface area contributed by atoms with Crippen LogP contribution in [0.15, 0.2) is 53.4 Å². The third kappa shape index (κ3) is 6.22. The molecule has 156 valence electrons. The van der Waals surface area contributed by atoms with Gasteiger partial charge in [0.1, 0.15) is 11.8 Å². The van der Waals surface area contributed by atoms with Crippen LogP contribution in [-0.4, -0.2) is 28.6 Å². The van der Waals surface area contributed by atoms with Gasteiger partial charge >= 0.3 is 0 Å². The smallest absolute Gasteiger partial charge is 0.252 e. The van der Waals surface area contributed by atoms with E-state index in [1.54, 1.807) is 24.6 Å². The van der Waals surface area contributed by atoms with Crippen molar-refractivity contribution in [2.75, 3.05) is 5.32 Å². The molecule has 0 radical (unpaired) electrons. The number of thiophene rings is 1. The summed E-state index contributed by atoms with van der Waals surface area (Å²) in [5, 5.41) is 10.2. The number of para-hydroxylation sites is 1. The van der Waals surface area contributed by atoms with Crippen molar-refractivity contribution >= 4 is 45.5 Å². The Bertz CT molecular complexity index is 1020. The maximum absolute atomic E-state index is 12.9. The predicted octanol–water partition coefficient (Wildman–Crippen LogP) is 4.57. The summed E-state index contributed by atoms with van der Waals surface area (Å²) in [6, 6.07) is 10.6. The summed E-state index contributed by atoms with van der Waals surface area (Å²) in [4.78, 5) is 40.9. The first-order chi connectivity index (χ1) is 14.5. The average molecular weight is 424 g/mol. The third-order valence-electron chi connectivity index (χ3n) is 4.78. The molecule has 7 heteroatoms. The van der Waals surface area contributed by atoms with Gasteiger partial charge in [-0.2, -0.15) is 11.3 Å². The minimum atomic E-state index is -0.666. The Hall–Kier alpha value is -3.06. The number of Topliss-reactive ketones (excluding diaryl/α,β-unsaturated/α-hetero) is 1. The number of pyridine rings is 1. The van der Waals surface area contributed by atoms with E-state index >= 15 is 0 Å². The van der Waals surface area contributed by atoms with Crippen LogP contribution in [0, 0.1) is 0 Å². The van der Waals surface area contributed by atoms with Gasteiger partial charge in [0.15, 0.2) is 0 Å². The van der Waals surface area contributed by atoms with Crippen LogP contribution >= 0.6 is 11.3 Å². The molecule has 0 fully saturated rings. The van der Waals surface area contributed by atoms with Crippen molar-refractivity contribution in [1.29, 1.82) is 0 Å². The number of nitrogens with one attached hydrogen (secondary N) is 2. The maximum Gasteiger partial charge on any atom is 0.252 e. The predicted molar refractivity (Wildman–Crippen MR) is 120 cm³/mol. The number of aromatic nitrogens is 1. The lowest BCUT2D eigenvalue weighted by molar-refractivity contribution is -0.118. The molecule has 2 aromatic heterocycles. The number of hydrogen-bond donors (Lipinski definition) is 2. The molecule has 2 N–H and O–H groups in total. The molecule has 0 bridgehead atoms. The Balaban J connectivity index is 1.65. The number of carbonyl (C=O) groups excluding carboxylic acids is 3. The van der Waals surface area contributed by atoms with E-state index in [1.165, 1.54) is 11.3 Å². The van der Waals surface area contributed by atoms with E-state index in [0.29, 0.717) is 24.1 Å². The first-order valence-corrected chi connectivity index (χ1v) is 11.0. The monoisotopic (exact) mass is 423 g/mol. The van der Waals surface area contributed by atoms with Crippen molar-refractivity contribution in [3.05, 3.63) is 58.9 Å². The van der Waals surface area contributed by atoms with Crippen LogP contribution < -0.4 is 10.6 Å². The highest BCUT2D eigenvalue weighted by molar-refractivity contribution is 7.08. The number of unbranched alkanes of at least 4 members (excludes halogenated alkanes) is 2. The molecule has 3 rings (SSSR count). The van der Waals surface area contributed by atoms with E-state index in [4.69, 9.17) is 0 Å². The van der Waals surface area contributed by atoms with Gasteiger partial charge in [0.25, 0.3) is 5.91 Å². The van der Waals surface area contributed by atoms with Crippen molar-refractivity contribution < 1.29 is 14.4 Å². The minimum absolute atomic E-state index is 0.166. The lowest BCUT2D eigenvalue weighted by atomic mass is 10.0. The molecule has 1 aromatic carbocycles. The van der Waals surface area contributed by atoms with Gasteiger partial charge in [-0.25, -0.2) is 0 Å². The molecule has 0 saturated heterocycles. The average Bonchev–Trinajstić information content (AvgIpc) is 3.27. The topological polar surface area (TPSA) is 88.2 Å². The SMILES string of the molecule is CC(=O)CCCCC[C@H](NC(=O)c1ccsc1)C(=O)Nc1cnc2ccccc2c1. The second-order valence-electron chi connectivity index (χ2n) is 7.25. The zero-order valence-electron chi connectivity index (χ0n) is 16.9. The largest absolute Gasteiger partial charge is 0.340 e. The highest BCUT2D eigenvalue weighted by atomic mass is 32.1. The van der Waals surface area contributed by atoms with Gasteiger partial charge in [-0.15, -0.1) is 0 Å². The van der Waals surface area contributed by atoms with E-state index in [-0.39, 0.29) is 17.6 Å². The van der Waals surface area contributed by atoms with Gasteiger partial charge < -0.3 is 15.4 Å². The first-order valence-electron chi connectivity index (χ1n) is 10.0. The molecule has 6 nitrogen and oxygen atoms in total. The van der Waals surface area contributed by atoms with Gasteiger partial charge in [0, 0.05) is 17.2 Å². The molecule has 0 unspecified atom stereocenters. The number of amides is 2. The lowest BCUT2D eigenvalue weighted by Gasteiger charge is -2.18. The molecule has 2 heterocycles. The highest BCUT2D eigenvalue weighted by Crippen LogP contribution is 2.17. The highest BCUT2D eigenvalue weighted by Gasteiger charge is 2.21. The van der Waals surface area contributed by atoms with Crippen molar-refractivity contribution in [2.24, 2.45) is 0 Å². The molecule has 3 aromatic rings. The van der Waals surface area contributed by atoms with Crippen LogP contribution in [0.3, 0.4) is 0 Å². The zero-order valence-corrected chi connectivity index (χ0v) is 17.7. The van der Waals surface area contributed by atoms with Crippen molar-refractivity contribution in [2.45, 2.75) is 45.1 Å². The summed E-state index contributed by atoms with van der Waals surface area (Å²) in [5.41, 5.74) is 1.98. The number of carbonyl (C=O) groups is 3. The van der Waals surface area contributed by atoms with Crippen LogP contribution in [0.1, 0.15) is 49.4 Å². The second-order valence-corrected chi connectivity index (χ2v) is 8.03. The lowest BCUT2D eigenvalue weighted by Crippen LogP contribution is -2.43. The summed E-state index contributed by atoms with van der Waals surface area (Å²) < 4.78 is 0. The minimum Gasteiger partial charge on any atom is -0.340 e. The number of ketones is 1. The fraction of sp³-hybridized carbons (Fsp3) is 0.304. The van der Waals surface area contributed by atoms with Gasteiger partial charge in [-0.3, -0.25) is 14.6 Å². The van der Waals surface area contributed by atoms with Gasteiger partial charge in [-0.05, 0) is 43.3 Å². The van der Waals surface area contributed by atoms with Gasteiger partial charge in [-0.1, -0.05) is 31.0 Å². The number of hydrogen-bond acceptors (Lipinski definition) is 5. The molecule has 1 atom stereocenters. The van der Waals surface area contributed by atoms with E-state index in [0.717, 1.165) is 30.2 Å². The summed E-state index contributed by atoms with van der Waals surface area (Å²) >= 11 is 1.43. The number of nitrogens with zero attached hydrogens (tertiary/aromatic N) is 1. The number of benzene rings is 1. The summed E-state index contributed by atoms with van der Waals surface area (Å²) in [6.45, 7) is 1.58. The van der Waals surface area contributed by atoms with Crippen LogP contribution in [0.5, 0.6) is 0 Å². The molecule has 2 amide bonds.